The summed E-state index contributed by atoms with van der Waals surface area (Å²) in [5.74, 6) is 0. The van der Waals surface area contributed by atoms with Gasteiger partial charge in [0.25, 0.3) is 0 Å². The molecule has 0 radical (unpaired) electrons. The van der Waals surface area contributed by atoms with Gasteiger partial charge in [0, 0.05) is 31.4 Å². The molecule has 0 saturated carbocycles. The second-order valence-corrected chi connectivity index (χ2v) is 6.00. The van der Waals surface area contributed by atoms with Crippen LogP contribution in [0, 0.1) is 13.8 Å². The smallest absolute Gasteiger partial charge is 0.0542 e. The normalized spacial score (nSPS) is 24.8. The Bertz CT molecular complexity index is 410. The quantitative estimate of drug-likeness (QED) is 0.898. The first-order valence-corrected chi connectivity index (χ1v) is 7.21. The molecule has 1 saturated heterocycles. The van der Waals surface area contributed by atoms with Crippen molar-refractivity contribution in [1.82, 2.24) is 10.2 Å². The zero-order valence-electron chi connectivity index (χ0n) is 12.9. The highest BCUT2D eigenvalue weighted by Crippen LogP contribution is 2.24. The second-order valence-electron chi connectivity index (χ2n) is 6.00. The Hall–Kier alpha value is -1.06. The molecular formula is C16H27N3. The van der Waals surface area contributed by atoms with E-state index in [4.69, 9.17) is 0 Å². The topological polar surface area (TPSA) is 18.5 Å². The van der Waals surface area contributed by atoms with E-state index in [0.29, 0.717) is 12.1 Å². The number of piperazine rings is 1. The molecule has 0 spiro atoms. The van der Waals surface area contributed by atoms with Crippen LogP contribution in [0.3, 0.4) is 0 Å². The van der Waals surface area contributed by atoms with E-state index in [1.165, 1.54) is 16.8 Å². The zero-order valence-corrected chi connectivity index (χ0v) is 12.9. The molecule has 1 aliphatic rings. The van der Waals surface area contributed by atoms with Gasteiger partial charge in [0.1, 0.15) is 0 Å². The standard InChI is InChI=1S/C16H27N3/c1-12-6-13(2)8-15(7-12)19-10-14(3)18(5)11-16(19)9-17-4/h6-8,14,16-17H,9-11H2,1-5H3. The fourth-order valence-electron chi connectivity index (χ4n) is 3.03. The van der Waals surface area contributed by atoms with Crippen LogP contribution < -0.4 is 10.2 Å². The molecule has 0 amide bonds. The summed E-state index contributed by atoms with van der Waals surface area (Å²) < 4.78 is 0. The molecule has 3 heteroatoms. The van der Waals surface area contributed by atoms with E-state index in [0.717, 1.165) is 19.6 Å². The molecule has 19 heavy (non-hydrogen) atoms. The summed E-state index contributed by atoms with van der Waals surface area (Å²) in [6, 6.07) is 8.03. The van der Waals surface area contributed by atoms with Crippen molar-refractivity contribution < 1.29 is 0 Å². The average molecular weight is 261 g/mol. The van der Waals surface area contributed by atoms with Crippen LogP contribution in [0.2, 0.25) is 0 Å². The van der Waals surface area contributed by atoms with E-state index >= 15 is 0 Å². The minimum Gasteiger partial charge on any atom is -0.364 e. The predicted octanol–water partition coefficient (Wildman–Crippen LogP) is 2.03. The van der Waals surface area contributed by atoms with Gasteiger partial charge in [-0.3, -0.25) is 4.90 Å². The van der Waals surface area contributed by atoms with E-state index < -0.39 is 0 Å². The number of anilines is 1. The summed E-state index contributed by atoms with van der Waals surface area (Å²) in [6.45, 7) is 9.93. The van der Waals surface area contributed by atoms with Crippen LogP contribution in [-0.4, -0.2) is 50.7 Å². The van der Waals surface area contributed by atoms with Crippen LogP contribution in [0.15, 0.2) is 18.2 Å². The van der Waals surface area contributed by atoms with Gasteiger partial charge in [0.05, 0.1) is 6.04 Å². The lowest BCUT2D eigenvalue weighted by Gasteiger charge is -2.45. The highest BCUT2D eigenvalue weighted by atomic mass is 15.3. The van der Waals surface area contributed by atoms with E-state index in [1.807, 2.05) is 7.05 Å². The molecule has 2 atom stereocenters. The van der Waals surface area contributed by atoms with Gasteiger partial charge in [-0.2, -0.15) is 0 Å². The van der Waals surface area contributed by atoms with Crippen molar-refractivity contribution in [2.45, 2.75) is 32.9 Å². The third kappa shape index (κ3) is 3.28. The molecular weight excluding hydrogens is 234 g/mol. The van der Waals surface area contributed by atoms with Crippen molar-refractivity contribution in [3.05, 3.63) is 29.3 Å². The number of likely N-dealkylation sites (N-methyl/N-ethyl adjacent to an activating group) is 2. The van der Waals surface area contributed by atoms with Crippen LogP contribution in [0.5, 0.6) is 0 Å². The third-order valence-electron chi connectivity index (χ3n) is 4.13. The first kappa shape index (κ1) is 14.4. The summed E-state index contributed by atoms with van der Waals surface area (Å²) in [7, 11) is 4.27. The monoisotopic (exact) mass is 261 g/mol. The first-order chi connectivity index (χ1) is 9.01. The van der Waals surface area contributed by atoms with E-state index in [1.54, 1.807) is 0 Å². The second kappa shape index (κ2) is 5.93. The molecule has 1 aliphatic heterocycles. The van der Waals surface area contributed by atoms with E-state index in [9.17, 15) is 0 Å². The number of nitrogens with one attached hydrogen (secondary N) is 1. The SMILES string of the molecule is CNCC1CN(C)C(C)CN1c1cc(C)cc(C)c1. The van der Waals surface area contributed by atoms with Crippen molar-refractivity contribution in [2.75, 3.05) is 38.6 Å². The van der Waals surface area contributed by atoms with Crippen molar-refractivity contribution in [3.8, 4) is 0 Å². The van der Waals surface area contributed by atoms with Gasteiger partial charge in [-0.1, -0.05) is 6.07 Å². The molecule has 2 unspecified atom stereocenters. The predicted molar refractivity (Wildman–Crippen MR) is 83.1 cm³/mol. The Morgan fingerprint density at radius 1 is 1.16 bits per heavy atom. The summed E-state index contributed by atoms with van der Waals surface area (Å²) in [4.78, 5) is 5.03. The Morgan fingerprint density at radius 3 is 2.37 bits per heavy atom. The van der Waals surface area contributed by atoms with Crippen LogP contribution >= 0.6 is 0 Å². The van der Waals surface area contributed by atoms with Crippen LogP contribution in [-0.2, 0) is 0 Å². The molecule has 0 aliphatic carbocycles. The lowest BCUT2D eigenvalue weighted by molar-refractivity contribution is 0.199. The van der Waals surface area contributed by atoms with Gasteiger partial charge < -0.3 is 10.2 Å². The van der Waals surface area contributed by atoms with Crippen molar-refractivity contribution in [2.24, 2.45) is 0 Å². The van der Waals surface area contributed by atoms with Gasteiger partial charge in [-0.25, -0.2) is 0 Å². The number of aryl methyl sites for hydroxylation is 2. The lowest BCUT2D eigenvalue weighted by atomic mass is 10.0. The van der Waals surface area contributed by atoms with Crippen molar-refractivity contribution in [3.63, 3.8) is 0 Å². The number of nitrogens with zero attached hydrogens (tertiary/aromatic N) is 2. The largest absolute Gasteiger partial charge is 0.364 e. The molecule has 106 valence electrons. The highest BCUT2D eigenvalue weighted by Gasteiger charge is 2.29. The molecule has 2 rings (SSSR count). The summed E-state index contributed by atoms with van der Waals surface area (Å²) >= 11 is 0. The summed E-state index contributed by atoms with van der Waals surface area (Å²) in [6.07, 6.45) is 0. The molecule has 1 aromatic carbocycles. The third-order valence-corrected chi connectivity index (χ3v) is 4.13. The van der Waals surface area contributed by atoms with Gasteiger partial charge in [-0.05, 0) is 58.1 Å². The molecule has 1 fully saturated rings. The van der Waals surface area contributed by atoms with E-state index in [2.05, 4.69) is 61.1 Å². The number of hydrogen-bond acceptors (Lipinski definition) is 3. The maximum Gasteiger partial charge on any atom is 0.0542 e. The van der Waals surface area contributed by atoms with Gasteiger partial charge in [0.15, 0.2) is 0 Å². The number of rotatable bonds is 3. The Kier molecular flexibility index (Phi) is 4.48. The average Bonchev–Trinajstić information content (AvgIpc) is 2.32. The minimum atomic E-state index is 0.549. The van der Waals surface area contributed by atoms with Gasteiger partial charge in [0.2, 0.25) is 0 Å². The van der Waals surface area contributed by atoms with Crippen LogP contribution in [0.25, 0.3) is 0 Å². The molecule has 1 heterocycles. The van der Waals surface area contributed by atoms with Crippen LogP contribution in [0.4, 0.5) is 5.69 Å². The fourth-order valence-corrected chi connectivity index (χ4v) is 3.03. The molecule has 0 bridgehead atoms. The molecule has 0 aromatic heterocycles. The lowest BCUT2D eigenvalue weighted by Crippen LogP contribution is -2.59. The maximum absolute atomic E-state index is 3.33. The van der Waals surface area contributed by atoms with Crippen molar-refractivity contribution in [1.29, 1.82) is 0 Å². The molecule has 1 N–H and O–H groups in total. The number of benzene rings is 1. The Balaban J connectivity index is 2.27. The number of hydrogen-bond donors (Lipinski definition) is 1. The summed E-state index contributed by atoms with van der Waals surface area (Å²) in [5.41, 5.74) is 4.08. The van der Waals surface area contributed by atoms with Crippen molar-refractivity contribution >= 4 is 5.69 Å². The highest BCUT2D eigenvalue weighted by molar-refractivity contribution is 5.52. The van der Waals surface area contributed by atoms with E-state index in [-0.39, 0.29) is 0 Å². The Labute approximate surface area is 117 Å². The van der Waals surface area contributed by atoms with Gasteiger partial charge in [-0.15, -0.1) is 0 Å². The maximum atomic E-state index is 3.33. The molecule has 1 aromatic rings. The first-order valence-electron chi connectivity index (χ1n) is 7.21. The zero-order chi connectivity index (χ0) is 14.0. The fraction of sp³-hybridized carbons (Fsp3) is 0.625. The van der Waals surface area contributed by atoms with Gasteiger partial charge >= 0.3 is 0 Å². The van der Waals surface area contributed by atoms with Crippen LogP contribution in [0.1, 0.15) is 18.1 Å². The molecule has 3 nitrogen and oxygen atoms in total. The summed E-state index contributed by atoms with van der Waals surface area (Å²) in [5, 5.41) is 3.33. The Morgan fingerprint density at radius 2 is 1.79 bits per heavy atom. The minimum absolute atomic E-state index is 0.549.